The van der Waals surface area contributed by atoms with Gasteiger partial charge in [0.15, 0.2) is 5.82 Å². The second-order valence-corrected chi connectivity index (χ2v) is 5.65. The molecule has 2 heterocycles. The Morgan fingerprint density at radius 3 is 3.39 bits per heavy atom. The maximum Gasteiger partial charge on any atom is 0.234 e. The van der Waals surface area contributed by atoms with Crippen molar-refractivity contribution in [2.75, 3.05) is 13.6 Å². The molecule has 0 saturated heterocycles. The summed E-state index contributed by atoms with van der Waals surface area (Å²) in [5.41, 5.74) is 1.40. The predicted octanol–water partition coefficient (Wildman–Crippen LogP) is 2.36. The van der Waals surface area contributed by atoms with Gasteiger partial charge in [0.1, 0.15) is 0 Å². The highest BCUT2D eigenvalue weighted by Crippen LogP contribution is 2.38. The molecule has 1 unspecified atom stereocenters. The molecule has 0 aromatic carbocycles. The Hall–Kier alpha value is -1.20. The molecule has 0 aliphatic heterocycles. The van der Waals surface area contributed by atoms with Crippen LogP contribution >= 0.6 is 11.3 Å². The summed E-state index contributed by atoms with van der Waals surface area (Å²) < 4.78 is 5.44. The molecule has 1 aliphatic rings. The zero-order chi connectivity index (χ0) is 12.4. The van der Waals surface area contributed by atoms with Crippen LogP contribution in [0.25, 0.3) is 0 Å². The molecule has 2 aromatic rings. The molecule has 0 saturated carbocycles. The molecule has 1 aliphatic carbocycles. The fourth-order valence-corrected chi connectivity index (χ4v) is 3.48. The van der Waals surface area contributed by atoms with Crippen LogP contribution in [0, 0.1) is 0 Å². The van der Waals surface area contributed by atoms with Crippen LogP contribution in [0.4, 0.5) is 0 Å². The van der Waals surface area contributed by atoms with E-state index < -0.39 is 0 Å². The number of rotatable bonds is 4. The summed E-state index contributed by atoms with van der Waals surface area (Å²) in [5, 5.41) is 9.33. The fourth-order valence-electron chi connectivity index (χ4n) is 2.49. The SMILES string of the molecule is CNCCc1noc(C2CCCc3sccc32)n1. The lowest BCUT2D eigenvalue weighted by Crippen LogP contribution is -2.12. The van der Waals surface area contributed by atoms with Crippen molar-refractivity contribution in [3.63, 3.8) is 0 Å². The lowest BCUT2D eigenvalue weighted by atomic mass is 9.88. The van der Waals surface area contributed by atoms with E-state index >= 15 is 0 Å². The predicted molar refractivity (Wildman–Crippen MR) is 71.0 cm³/mol. The summed E-state index contributed by atoms with van der Waals surface area (Å²) in [6.07, 6.45) is 4.36. The molecular weight excluding hydrogens is 246 g/mol. The summed E-state index contributed by atoms with van der Waals surface area (Å²) in [5.74, 6) is 1.91. The van der Waals surface area contributed by atoms with Gasteiger partial charge in [0, 0.05) is 17.8 Å². The number of hydrogen-bond acceptors (Lipinski definition) is 5. The van der Waals surface area contributed by atoms with Crippen molar-refractivity contribution >= 4 is 11.3 Å². The van der Waals surface area contributed by atoms with Crippen molar-refractivity contribution in [2.24, 2.45) is 0 Å². The van der Waals surface area contributed by atoms with Gasteiger partial charge in [-0.15, -0.1) is 11.3 Å². The van der Waals surface area contributed by atoms with Crippen LogP contribution in [-0.4, -0.2) is 23.7 Å². The summed E-state index contributed by atoms with van der Waals surface area (Å²) >= 11 is 1.84. The molecule has 3 rings (SSSR count). The van der Waals surface area contributed by atoms with Crippen LogP contribution in [0.15, 0.2) is 16.0 Å². The molecule has 0 bridgehead atoms. The molecule has 96 valence electrons. The standard InChI is InChI=1S/C13H17N3OS/c1-14-7-5-12-15-13(17-16-12)10-3-2-4-11-9(10)6-8-18-11/h6,8,10,14H,2-5,7H2,1H3. The smallest absolute Gasteiger partial charge is 0.234 e. The van der Waals surface area contributed by atoms with Crippen molar-refractivity contribution in [3.05, 3.63) is 33.6 Å². The number of fused-ring (bicyclic) bond motifs is 1. The zero-order valence-electron chi connectivity index (χ0n) is 10.5. The lowest BCUT2D eigenvalue weighted by molar-refractivity contribution is 0.351. The van der Waals surface area contributed by atoms with E-state index in [0.29, 0.717) is 5.92 Å². The van der Waals surface area contributed by atoms with E-state index in [1.54, 1.807) is 0 Å². The van der Waals surface area contributed by atoms with E-state index in [1.807, 2.05) is 18.4 Å². The Kier molecular flexibility index (Phi) is 3.43. The second kappa shape index (κ2) is 5.20. The number of likely N-dealkylation sites (N-methyl/N-ethyl adjacent to an activating group) is 1. The third kappa shape index (κ3) is 2.20. The van der Waals surface area contributed by atoms with Crippen LogP contribution in [0.3, 0.4) is 0 Å². The van der Waals surface area contributed by atoms with Gasteiger partial charge in [-0.05, 0) is 43.3 Å². The van der Waals surface area contributed by atoms with Crippen molar-refractivity contribution in [1.29, 1.82) is 0 Å². The number of nitrogens with zero attached hydrogens (tertiary/aromatic N) is 2. The molecule has 2 aromatic heterocycles. The average Bonchev–Trinajstić information content (AvgIpc) is 3.04. The van der Waals surface area contributed by atoms with E-state index in [1.165, 1.54) is 23.3 Å². The quantitative estimate of drug-likeness (QED) is 0.920. The second-order valence-electron chi connectivity index (χ2n) is 4.65. The maximum absolute atomic E-state index is 5.44. The molecule has 0 amide bonds. The third-order valence-electron chi connectivity index (χ3n) is 3.43. The minimum absolute atomic E-state index is 0.316. The van der Waals surface area contributed by atoms with Crippen molar-refractivity contribution < 1.29 is 4.52 Å². The number of hydrogen-bond donors (Lipinski definition) is 1. The number of aromatic nitrogens is 2. The molecule has 5 heteroatoms. The fraction of sp³-hybridized carbons (Fsp3) is 0.538. The van der Waals surface area contributed by atoms with Gasteiger partial charge >= 0.3 is 0 Å². The van der Waals surface area contributed by atoms with E-state index in [-0.39, 0.29) is 0 Å². The van der Waals surface area contributed by atoms with Gasteiger partial charge in [-0.3, -0.25) is 0 Å². The molecule has 0 radical (unpaired) electrons. The van der Waals surface area contributed by atoms with Crippen molar-refractivity contribution in [2.45, 2.75) is 31.6 Å². The van der Waals surface area contributed by atoms with Crippen molar-refractivity contribution in [1.82, 2.24) is 15.5 Å². The first-order valence-corrected chi connectivity index (χ1v) is 7.30. The van der Waals surface area contributed by atoms with Crippen LogP contribution in [0.5, 0.6) is 0 Å². The van der Waals surface area contributed by atoms with Gasteiger partial charge in [0.05, 0.1) is 5.92 Å². The normalized spacial score (nSPS) is 18.8. The molecular formula is C13H17N3OS. The lowest BCUT2D eigenvalue weighted by Gasteiger charge is -2.18. The summed E-state index contributed by atoms with van der Waals surface area (Å²) in [4.78, 5) is 6.02. The van der Waals surface area contributed by atoms with Gasteiger partial charge in [-0.25, -0.2) is 0 Å². The first-order valence-electron chi connectivity index (χ1n) is 6.42. The highest BCUT2D eigenvalue weighted by atomic mass is 32.1. The molecule has 0 fully saturated rings. The van der Waals surface area contributed by atoms with Crippen LogP contribution in [-0.2, 0) is 12.8 Å². The van der Waals surface area contributed by atoms with Crippen LogP contribution in [0.2, 0.25) is 0 Å². The Morgan fingerprint density at radius 2 is 2.50 bits per heavy atom. The van der Waals surface area contributed by atoms with E-state index in [4.69, 9.17) is 4.52 Å². The van der Waals surface area contributed by atoms with E-state index in [9.17, 15) is 0 Å². The average molecular weight is 263 g/mol. The largest absolute Gasteiger partial charge is 0.339 e. The molecule has 18 heavy (non-hydrogen) atoms. The Bertz CT molecular complexity index is 520. The minimum Gasteiger partial charge on any atom is -0.339 e. The topological polar surface area (TPSA) is 51.0 Å². The Labute approximate surface area is 110 Å². The Balaban J connectivity index is 1.82. The van der Waals surface area contributed by atoms with Crippen LogP contribution in [0.1, 0.15) is 40.9 Å². The summed E-state index contributed by atoms with van der Waals surface area (Å²) in [6, 6.07) is 2.21. The first kappa shape index (κ1) is 11.9. The maximum atomic E-state index is 5.44. The minimum atomic E-state index is 0.316. The molecule has 0 spiro atoms. The highest BCUT2D eigenvalue weighted by molar-refractivity contribution is 7.10. The van der Waals surface area contributed by atoms with Gasteiger partial charge in [-0.2, -0.15) is 4.98 Å². The van der Waals surface area contributed by atoms with E-state index in [0.717, 1.165) is 31.1 Å². The number of aryl methyl sites for hydroxylation is 1. The van der Waals surface area contributed by atoms with Gasteiger partial charge in [0.25, 0.3) is 0 Å². The molecule has 1 atom stereocenters. The number of thiophene rings is 1. The zero-order valence-corrected chi connectivity index (χ0v) is 11.3. The molecule has 4 nitrogen and oxygen atoms in total. The van der Waals surface area contributed by atoms with Crippen LogP contribution < -0.4 is 5.32 Å². The summed E-state index contributed by atoms with van der Waals surface area (Å²) in [7, 11) is 1.93. The van der Waals surface area contributed by atoms with E-state index in [2.05, 4.69) is 26.9 Å². The Morgan fingerprint density at radius 1 is 1.56 bits per heavy atom. The molecule has 1 N–H and O–H groups in total. The highest BCUT2D eigenvalue weighted by Gasteiger charge is 2.27. The monoisotopic (exact) mass is 263 g/mol. The van der Waals surface area contributed by atoms with Crippen molar-refractivity contribution in [3.8, 4) is 0 Å². The number of nitrogens with one attached hydrogen (secondary N) is 1. The van der Waals surface area contributed by atoms with Gasteiger partial charge < -0.3 is 9.84 Å². The van der Waals surface area contributed by atoms with Gasteiger partial charge in [0.2, 0.25) is 5.89 Å². The third-order valence-corrected chi connectivity index (χ3v) is 4.43. The first-order chi connectivity index (χ1) is 8.88. The summed E-state index contributed by atoms with van der Waals surface area (Å²) in [6.45, 7) is 0.882. The van der Waals surface area contributed by atoms with Gasteiger partial charge in [-0.1, -0.05) is 5.16 Å².